The smallest absolute Gasteiger partial charge is 0.123 e. The highest BCUT2D eigenvalue weighted by atomic mass is 19.1. The molecule has 1 aromatic rings. The van der Waals surface area contributed by atoms with Crippen LogP contribution in [0.3, 0.4) is 0 Å². The van der Waals surface area contributed by atoms with Crippen molar-refractivity contribution in [1.29, 1.82) is 0 Å². The lowest BCUT2D eigenvalue weighted by molar-refractivity contribution is 0.0332. The van der Waals surface area contributed by atoms with Gasteiger partial charge in [0.15, 0.2) is 0 Å². The molecule has 2 aliphatic rings. The molecule has 2 heterocycles. The van der Waals surface area contributed by atoms with E-state index < -0.39 is 0 Å². The zero-order valence-corrected chi connectivity index (χ0v) is 9.92. The molecule has 1 fully saturated rings. The highest BCUT2D eigenvalue weighted by Gasteiger charge is 2.29. The van der Waals surface area contributed by atoms with Crippen LogP contribution in [0.1, 0.15) is 36.5 Å². The lowest BCUT2D eigenvalue weighted by atomic mass is 9.95. The molecule has 1 saturated heterocycles. The number of ether oxygens (including phenoxy) is 1. The summed E-state index contributed by atoms with van der Waals surface area (Å²) in [5, 5.41) is 3.47. The summed E-state index contributed by atoms with van der Waals surface area (Å²) in [6, 6.07) is 5.49. The predicted octanol–water partition coefficient (Wildman–Crippen LogP) is 2.58. The summed E-state index contributed by atoms with van der Waals surface area (Å²) in [6.45, 7) is 1.83. The molecule has 2 atom stereocenters. The van der Waals surface area contributed by atoms with E-state index in [2.05, 4.69) is 5.32 Å². The second-order valence-corrected chi connectivity index (χ2v) is 4.94. The molecule has 3 heteroatoms. The molecule has 0 bridgehead atoms. The van der Waals surface area contributed by atoms with Crippen molar-refractivity contribution in [3.05, 3.63) is 35.1 Å². The number of rotatable bonds is 1. The number of fused-ring (bicyclic) bond motifs is 1. The minimum absolute atomic E-state index is 0.0331. The van der Waals surface area contributed by atoms with Crippen LogP contribution in [0.25, 0.3) is 0 Å². The Labute approximate surface area is 101 Å². The van der Waals surface area contributed by atoms with E-state index >= 15 is 0 Å². The summed E-state index contributed by atoms with van der Waals surface area (Å²) in [6.07, 6.45) is 4.38. The first-order valence-electron chi connectivity index (χ1n) is 6.48. The summed E-state index contributed by atoms with van der Waals surface area (Å²) in [7, 11) is 0. The number of nitrogens with one attached hydrogen (secondary N) is 1. The zero-order valence-electron chi connectivity index (χ0n) is 9.92. The standard InChI is InChI=1S/C14H18FNO/c15-11-6-5-10-3-2-8-17-14(12(10)9-11)13-4-1-7-16-13/h5-6,9,13-14,16H,1-4,7-8H2/t13-,14-/m1/s1. The molecule has 0 unspecified atom stereocenters. The van der Waals surface area contributed by atoms with Gasteiger partial charge >= 0.3 is 0 Å². The third-order valence-electron chi connectivity index (χ3n) is 3.77. The van der Waals surface area contributed by atoms with Crippen molar-refractivity contribution >= 4 is 0 Å². The highest BCUT2D eigenvalue weighted by Crippen LogP contribution is 2.32. The van der Waals surface area contributed by atoms with Gasteiger partial charge in [-0.2, -0.15) is 0 Å². The maximum absolute atomic E-state index is 13.4. The first-order valence-corrected chi connectivity index (χ1v) is 6.48. The Balaban J connectivity index is 1.96. The van der Waals surface area contributed by atoms with Crippen LogP contribution in [0.15, 0.2) is 18.2 Å². The Hall–Kier alpha value is -0.930. The lowest BCUT2D eigenvalue weighted by Crippen LogP contribution is -2.30. The van der Waals surface area contributed by atoms with Gasteiger partial charge in [0, 0.05) is 12.6 Å². The summed E-state index contributed by atoms with van der Waals surface area (Å²) in [5.74, 6) is -0.155. The van der Waals surface area contributed by atoms with Crippen LogP contribution < -0.4 is 5.32 Å². The monoisotopic (exact) mass is 235 g/mol. The SMILES string of the molecule is Fc1ccc2c(c1)[C@H]([C@H]1CCCN1)OCCC2. The van der Waals surface area contributed by atoms with Gasteiger partial charge in [-0.1, -0.05) is 6.07 Å². The van der Waals surface area contributed by atoms with Crippen LogP contribution in [0.5, 0.6) is 0 Å². The number of hydrogen-bond acceptors (Lipinski definition) is 2. The normalized spacial score (nSPS) is 28.8. The summed E-state index contributed by atoms with van der Waals surface area (Å²) in [5.41, 5.74) is 2.31. The topological polar surface area (TPSA) is 21.3 Å². The van der Waals surface area contributed by atoms with Crippen LogP contribution in [0.4, 0.5) is 4.39 Å². The van der Waals surface area contributed by atoms with Crippen LogP contribution in [-0.4, -0.2) is 19.2 Å². The molecule has 0 radical (unpaired) electrons. The fraction of sp³-hybridized carbons (Fsp3) is 0.571. The molecule has 1 N–H and O–H groups in total. The second-order valence-electron chi connectivity index (χ2n) is 4.94. The third kappa shape index (κ3) is 2.22. The van der Waals surface area contributed by atoms with Crippen LogP contribution >= 0.6 is 0 Å². The van der Waals surface area contributed by atoms with Crippen molar-refractivity contribution in [2.45, 2.75) is 37.8 Å². The quantitative estimate of drug-likeness (QED) is 0.807. The molecule has 1 aromatic carbocycles. The molecule has 2 nitrogen and oxygen atoms in total. The molecule has 0 amide bonds. The van der Waals surface area contributed by atoms with Gasteiger partial charge in [0.05, 0.1) is 6.10 Å². The van der Waals surface area contributed by atoms with Gasteiger partial charge in [-0.05, 0) is 55.5 Å². The molecule has 0 saturated carbocycles. The van der Waals surface area contributed by atoms with Crippen molar-refractivity contribution in [2.75, 3.05) is 13.2 Å². The average molecular weight is 235 g/mol. The maximum atomic E-state index is 13.4. The fourth-order valence-corrected chi connectivity index (χ4v) is 2.92. The minimum Gasteiger partial charge on any atom is -0.372 e. The first-order chi connectivity index (χ1) is 8.34. The summed E-state index contributed by atoms with van der Waals surface area (Å²) in [4.78, 5) is 0. The molecule has 3 rings (SSSR count). The summed E-state index contributed by atoms with van der Waals surface area (Å²) < 4.78 is 19.4. The Morgan fingerprint density at radius 3 is 3.06 bits per heavy atom. The largest absolute Gasteiger partial charge is 0.372 e. The van der Waals surface area contributed by atoms with Gasteiger partial charge in [0.25, 0.3) is 0 Å². The van der Waals surface area contributed by atoms with Gasteiger partial charge in [0.1, 0.15) is 5.82 Å². The number of benzene rings is 1. The van der Waals surface area contributed by atoms with Crippen molar-refractivity contribution < 1.29 is 9.13 Å². The van der Waals surface area contributed by atoms with E-state index in [0.29, 0.717) is 6.04 Å². The predicted molar refractivity (Wildman–Crippen MR) is 64.4 cm³/mol. The molecular formula is C14H18FNO. The molecule has 17 heavy (non-hydrogen) atoms. The van der Waals surface area contributed by atoms with Gasteiger partial charge < -0.3 is 10.1 Å². The zero-order chi connectivity index (χ0) is 11.7. The van der Waals surface area contributed by atoms with Crippen molar-refractivity contribution in [1.82, 2.24) is 5.32 Å². The Bertz CT molecular complexity index is 401. The molecular weight excluding hydrogens is 217 g/mol. The number of aryl methyl sites for hydroxylation is 1. The third-order valence-corrected chi connectivity index (χ3v) is 3.77. The van der Waals surface area contributed by atoms with E-state index in [9.17, 15) is 4.39 Å². The Morgan fingerprint density at radius 2 is 2.24 bits per heavy atom. The fourth-order valence-electron chi connectivity index (χ4n) is 2.92. The molecule has 2 aliphatic heterocycles. The molecule has 0 aromatic heterocycles. The van der Waals surface area contributed by atoms with Crippen LogP contribution in [0.2, 0.25) is 0 Å². The number of halogens is 1. The van der Waals surface area contributed by atoms with E-state index in [0.717, 1.165) is 38.0 Å². The van der Waals surface area contributed by atoms with Crippen LogP contribution in [0, 0.1) is 5.82 Å². The van der Waals surface area contributed by atoms with Crippen molar-refractivity contribution in [3.63, 3.8) is 0 Å². The van der Waals surface area contributed by atoms with Crippen molar-refractivity contribution in [2.24, 2.45) is 0 Å². The molecule has 0 aliphatic carbocycles. The lowest BCUT2D eigenvalue weighted by Gasteiger charge is -2.24. The first kappa shape index (κ1) is 11.2. The van der Waals surface area contributed by atoms with E-state index in [1.807, 2.05) is 6.07 Å². The number of hydrogen-bond donors (Lipinski definition) is 1. The van der Waals surface area contributed by atoms with E-state index in [-0.39, 0.29) is 11.9 Å². The van der Waals surface area contributed by atoms with E-state index in [1.165, 1.54) is 12.0 Å². The van der Waals surface area contributed by atoms with Gasteiger partial charge in [0.2, 0.25) is 0 Å². The Morgan fingerprint density at radius 1 is 1.29 bits per heavy atom. The van der Waals surface area contributed by atoms with Gasteiger partial charge in [-0.3, -0.25) is 0 Å². The van der Waals surface area contributed by atoms with Gasteiger partial charge in [-0.25, -0.2) is 4.39 Å². The maximum Gasteiger partial charge on any atom is 0.123 e. The Kier molecular flexibility index (Phi) is 3.12. The highest BCUT2D eigenvalue weighted by molar-refractivity contribution is 5.32. The summed E-state index contributed by atoms with van der Waals surface area (Å²) >= 11 is 0. The van der Waals surface area contributed by atoms with E-state index in [1.54, 1.807) is 12.1 Å². The molecule has 0 spiro atoms. The van der Waals surface area contributed by atoms with Crippen molar-refractivity contribution in [3.8, 4) is 0 Å². The van der Waals surface area contributed by atoms with E-state index in [4.69, 9.17) is 4.74 Å². The minimum atomic E-state index is -0.155. The average Bonchev–Trinajstić information content (AvgIpc) is 2.77. The van der Waals surface area contributed by atoms with Gasteiger partial charge in [-0.15, -0.1) is 0 Å². The van der Waals surface area contributed by atoms with Crippen LogP contribution in [-0.2, 0) is 11.2 Å². The molecule has 92 valence electrons. The second kappa shape index (κ2) is 4.75.